The molecule has 0 atom stereocenters. The van der Waals surface area contributed by atoms with Gasteiger partial charge in [0.05, 0.1) is 30.3 Å². The lowest BCUT2D eigenvalue weighted by molar-refractivity contribution is -0.172. The quantitative estimate of drug-likeness (QED) is 0.651. The van der Waals surface area contributed by atoms with Crippen LogP contribution in [0.3, 0.4) is 0 Å². The number of amides is 1. The first-order valence-electron chi connectivity index (χ1n) is 7.34. The Balaban J connectivity index is 2.52. The van der Waals surface area contributed by atoms with E-state index in [1.165, 1.54) is 0 Å². The van der Waals surface area contributed by atoms with Gasteiger partial charge in [-0.25, -0.2) is 4.79 Å². The Hall–Kier alpha value is -2.92. The van der Waals surface area contributed by atoms with Crippen LogP contribution in [0.5, 0.6) is 0 Å². The van der Waals surface area contributed by atoms with Crippen LogP contribution in [-0.4, -0.2) is 35.5 Å². The molecule has 1 aromatic carbocycles. The highest BCUT2D eigenvalue weighted by Crippen LogP contribution is 2.34. The number of nitrogens with one attached hydrogen (secondary N) is 1. The van der Waals surface area contributed by atoms with E-state index in [0.717, 1.165) is 11.1 Å². The molecule has 1 aliphatic rings. The minimum atomic E-state index is -1.02. The van der Waals surface area contributed by atoms with Gasteiger partial charge in [0, 0.05) is 6.21 Å². The molecule has 126 valence electrons. The van der Waals surface area contributed by atoms with E-state index in [1.807, 2.05) is 19.1 Å². The molecule has 1 amide bonds. The van der Waals surface area contributed by atoms with Crippen molar-refractivity contribution in [3.63, 3.8) is 0 Å². The number of nitriles is 1. The lowest BCUT2D eigenvalue weighted by atomic mass is 9.82. The van der Waals surface area contributed by atoms with E-state index in [2.05, 4.69) is 26.4 Å². The van der Waals surface area contributed by atoms with Crippen LogP contribution in [0.1, 0.15) is 30.5 Å². The van der Waals surface area contributed by atoms with Gasteiger partial charge in [0.1, 0.15) is 6.34 Å². The van der Waals surface area contributed by atoms with Crippen molar-refractivity contribution >= 4 is 24.3 Å². The first-order valence-corrected chi connectivity index (χ1v) is 7.34. The fraction of sp³-hybridized carbons (Fsp3) is 0.375. The zero-order valence-electron chi connectivity index (χ0n) is 13.8. The SMILES string of the molecule is Cc1cc(CN2C=NCC=N2)c(NC(=O)OO)c(C(C)(C)C#N)c1. The number of nitrogens with zero attached hydrogens (tertiary/aromatic N) is 4. The van der Waals surface area contributed by atoms with Gasteiger partial charge in [-0.3, -0.25) is 20.2 Å². The van der Waals surface area contributed by atoms with Gasteiger partial charge in [0.25, 0.3) is 0 Å². The predicted molar refractivity (Wildman–Crippen MR) is 89.9 cm³/mol. The average Bonchev–Trinajstić information content (AvgIpc) is 2.57. The van der Waals surface area contributed by atoms with E-state index in [9.17, 15) is 10.1 Å². The second-order valence-electron chi connectivity index (χ2n) is 5.96. The summed E-state index contributed by atoms with van der Waals surface area (Å²) in [6, 6.07) is 5.93. The van der Waals surface area contributed by atoms with Crippen molar-refractivity contribution in [1.29, 1.82) is 5.26 Å². The maximum Gasteiger partial charge on any atom is 0.442 e. The molecule has 0 saturated heterocycles. The molecule has 0 unspecified atom stereocenters. The average molecular weight is 329 g/mol. The molecule has 8 nitrogen and oxygen atoms in total. The van der Waals surface area contributed by atoms with Gasteiger partial charge in [-0.1, -0.05) is 17.7 Å². The van der Waals surface area contributed by atoms with Crippen LogP contribution in [0.4, 0.5) is 10.5 Å². The number of anilines is 1. The Kier molecular flexibility index (Phi) is 5.16. The van der Waals surface area contributed by atoms with Crippen LogP contribution in [0, 0.1) is 18.3 Å². The van der Waals surface area contributed by atoms with Gasteiger partial charge in [0.15, 0.2) is 0 Å². The molecule has 24 heavy (non-hydrogen) atoms. The number of rotatable bonds is 4. The van der Waals surface area contributed by atoms with Crippen LogP contribution in [-0.2, 0) is 16.8 Å². The Morgan fingerprint density at radius 3 is 2.88 bits per heavy atom. The zero-order chi connectivity index (χ0) is 17.7. The second kappa shape index (κ2) is 7.10. The Labute approximate surface area is 140 Å². The first kappa shape index (κ1) is 17.4. The first-order chi connectivity index (χ1) is 11.4. The highest BCUT2D eigenvalue weighted by atomic mass is 17.1. The van der Waals surface area contributed by atoms with E-state index >= 15 is 0 Å². The molecule has 2 N–H and O–H groups in total. The van der Waals surface area contributed by atoms with Gasteiger partial charge in [-0.05, 0) is 31.9 Å². The van der Waals surface area contributed by atoms with Crippen molar-refractivity contribution < 1.29 is 14.9 Å². The zero-order valence-corrected chi connectivity index (χ0v) is 13.8. The van der Waals surface area contributed by atoms with Crippen molar-refractivity contribution in [3.05, 3.63) is 28.8 Å². The van der Waals surface area contributed by atoms with Crippen LogP contribution < -0.4 is 5.32 Å². The fourth-order valence-electron chi connectivity index (χ4n) is 2.43. The minimum Gasteiger partial charge on any atom is -0.288 e. The summed E-state index contributed by atoms with van der Waals surface area (Å²) in [5, 5.41) is 26.4. The molecular weight excluding hydrogens is 310 g/mol. The summed E-state index contributed by atoms with van der Waals surface area (Å²) < 4.78 is 0. The highest BCUT2D eigenvalue weighted by Gasteiger charge is 2.27. The Morgan fingerprint density at radius 1 is 1.54 bits per heavy atom. The summed E-state index contributed by atoms with van der Waals surface area (Å²) in [6.45, 7) is 6.28. The van der Waals surface area contributed by atoms with Crippen LogP contribution in [0.25, 0.3) is 0 Å². The normalized spacial score (nSPS) is 13.5. The molecule has 0 fully saturated rings. The maximum absolute atomic E-state index is 11.5. The van der Waals surface area contributed by atoms with Gasteiger partial charge >= 0.3 is 6.09 Å². The molecule has 1 aromatic rings. The maximum atomic E-state index is 11.5. The van der Waals surface area contributed by atoms with Crippen LogP contribution in [0.15, 0.2) is 22.2 Å². The topological polar surface area (TPSA) is 110 Å². The van der Waals surface area contributed by atoms with Crippen LogP contribution in [0.2, 0.25) is 0 Å². The Bertz CT molecular complexity index is 722. The Morgan fingerprint density at radius 2 is 2.29 bits per heavy atom. The van der Waals surface area contributed by atoms with E-state index < -0.39 is 11.5 Å². The van der Waals surface area contributed by atoms with Crippen molar-refractivity contribution in [2.45, 2.75) is 32.7 Å². The molecule has 1 aliphatic heterocycles. The summed E-state index contributed by atoms with van der Waals surface area (Å²) in [4.78, 5) is 19.4. The monoisotopic (exact) mass is 329 g/mol. The van der Waals surface area contributed by atoms with Crippen LogP contribution >= 0.6 is 0 Å². The number of aryl methyl sites for hydroxylation is 1. The third kappa shape index (κ3) is 3.88. The van der Waals surface area contributed by atoms with E-state index in [1.54, 1.807) is 31.4 Å². The number of hydrogen-bond acceptors (Lipinski definition) is 7. The summed E-state index contributed by atoms with van der Waals surface area (Å²) in [7, 11) is 0. The molecule has 0 aromatic heterocycles. The van der Waals surface area contributed by atoms with Gasteiger partial charge in [-0.2, -0.15) is 15.6 Å². The van der Waals surface area contributed by atoms with E-state index in [0.29, 0.717) is 24.3 Å². The number of carbonyl (C=O) groups excluding carboxylic acids is 1. The standard InChI is InChI=1S/C16H19N5O3/c1-11-6-12(8-21-10-18-4-5-19-21)14(20-15(22)24-23)13(7-11)16(2,3)9-17/h5-7,10,23H,4,8H2,1-3H3,(H,20,22). The third-order valence-electron chi connectivity index (χ3n) is 3.59. The lowest BCUT2D eigenvalue weighted by Crippen LogP contribution is -2.24. The summed E-state index contributed by atoms with van der Waals surface area (Å²) in [5.74, 6) is 0. The molecule has 0 aliphatic carbocycles. The van der Waals surface area contributed by atoms with Crippen molar-refractivity contribution in [2.24, 2.45) is 10.1 Å². The summed E-state index contributed by atoms with van der Waals surface area (Å²) in [6.07, 6.45) is 2.25. The van der Waals surface area contributed by atoms with Crippen molar-refractivity contribution in [1.82, 2.24) is 5.01 Å². The number of hydrogen-bond donors (Lipinski definition) is 2. The molecule has 2 rings (SSSR count). The van der Waals surface area contributed by atoms with Gasteiger partial charge in [0.2, 0.25) is 0 Å². The minimum absolute atomic E-state index is 0.344. The van der Waals surface area contributed by atoms with E-state index in [4.69, 9.17) is 5.26 Å². The number of aliphatic imine (C=N–C) groups is 1. The molecular formula is C16H19N5O3. The van der Waals surface area contributed by atoms with Crippen molar-refractivity contribution in [3.8, 4) is 6.07 Å². The number of benzene rings is 1. The molecule has 0 bridgehead atoms. The lowest BCUT2D eigenvalue weighted by Gasteiger charge is -2.25. The molecule has 8 heteroatoms. The molecule has 1 heterocycles. The molecule has 0 saturated carbocycles. The second-order valence-corrected chi connectivity index (χ2v) is 5.96. The van der Waals surface area contributed by atoms with Crippen molar-refractivity contribution in [2.75, 3.05) is 11.9 Å². The summed E-state index contributed by atoms with van der Waals surface area (Å²) in [5.41, 5.74) is 1.86. The molecule has 0 spiro atoms. The van der Waals surface area contributed by atoms with E-state index in [-0.39, 0.29) is 0 Å². The van der Waals surface area contributed by atoms with Gasteiger partial charge in [-0.15, -0.1) is 0 Å². The third-order valence-corrected chi connectivity index (χ3v) is 3.59. The largest absolute Gasteiger partial charge is 0.442 e. The molecule has 0 radical (unpaired) electrons. The number of hydrazone groups is 1. The summed E-state index contributed by atoms with van der Waals surface area (Å²) >= 11 is 0. The smallest absolute Gasteiger partial charge is 0.288 e. The number of carbonyl (C=O) groups is 1. The predicted octanol–water partition coefficient (Wildman–Crippen LogP) is 2.65. The highest BCUT2D eigenvalue weighted by molar-refractivity contribution is 5.87. The van der Waals surface area contributed by atoms with Gasteiger partial charge < -0.3 is 0 Å². The fourth-order valence-corrected chi connectivity index (χ4v) is 2.43.